The molecule has 0 bridgehead atoms. The van der Waals surface area contributed by atoms with Gasteiger partial charge in [0.25, 0.3) is 0 Å². The van der Waals surface area contributed by atoms with Crippen molar-refractivity contribution in [1.29, 1.82) is 0 Å². The van der Waals surface area contributed by atoms with Crippen LogP contribution in [0.15, 0.2) is 0 Å². The third kappa shape index (κ3) is 2.06. The van der Waals surface area contributed by atoms with Gasteiger partial charge in [0.15, 0.2) is 0 Å². The van der Waals surface area contributed by atoms with E-state index in [1.54, 1.807) is 0 Å². The van der Waals surface area contributed by atoms with Gasteiger partial charge < -0.3 is 5.11 Å². The topological polar surface area (TPSA) is 20.2 Å². The summed E-state index contributed by atoms with van der Waals surface area (Å²) in [4.78, 5) is 0. The monoisotopic (exact) mass is 230 g/mol. The summed E-state index contributed by atoms with van der Waals surface area (Å²) in [5, 5.41) is 10.9. The van der Waals surface area contributed by atoms with E-state index in [2.05, 4.69) is 20.8 Å². The summed E-state index contributed by atoms with van der Waals surface area (Å²) < 4.78 is 0. The second kappa shape index (κ2) is 3.63. The lowest BCUT2D eigenvalue weighted by atomic mass is 9.55. The lowest BCUT2D eigenvalue weighted by molar-refractivity contribution is -0.134. The first-order chi connectivity index (χ1) is 6.83. The van der Waals surface area contributed by atoms with Crippen LogP contribution in [0.1, 0.15) is 52.9 Å². The molecule has 88 valence electrons. The van der Waals surface area contributed by atoms with Crippen LogP contribution in [-0.2, 0) is 0 Å². The van der Waals surface area contributed by atoms with Gasteiger partial charge in [0, 0.05) is 5.38 Å². The highest BCUT2D eigenvalue weighted by atomic mass is 35.5. The van der Waals surface area contributed by atoms with E-state index in [-0.39, 0.29) is 10.8 Å². The Labute approximate surface area is 98.2 Å². The Morgan fingerprint density at radius 3 is 2.47 bits per heavy atom. The second-order valence-corrected chi connectivity index (χ2v) is 7.15. The van der Waals surface area contributed by atoms with Gasteiger partial charge in [-0.2, -0.15) is 0 Å². The van der Waals surface area contributed by atoms with Crippen molar-refractivity contribution >= 4 is 11.6 Å². The largest absolute Gasteiger partial charge is 0.390 e. The summed E-state index contributed by atoms with van der Waals surface area (Å²) in [5.41, 5.74) is -0.272. The third-order valence-corrected chi connectivity index (χ3v) is 4.87. The molecule has 1 N–H and O–H groups in total. The molecule has 0 amide bonds. The Morgan fingerprint density at radius 1 is 1.13 bits per heavy atom. The Kier molecular flexibility index (Phi) is 2.84. The van der Waals surface area contributed by atoms with Crippen LogP contribution >= 0.6 is 11.6 Å². The lowest BCUT2D eigenvalue weighted by Gasteiger charge is -2.54. The number of hydrogen-bond donors (Lipinski definition) is 1. The SMILES string of the molecule is C[C@@H]1CC[C@H]2C(C)(C)C[C@@H](Cl)C[C@]2(O)C1. The molecule has 0 saturated heterocycles. The standard InChI is InChI=1S/C13H23ClO/c1-9-4-5-11-12(2,3)7-10(14)8-13(11,15)6-9/h9-11,15H,4-8H2,1-3H3/t9-,10-,11+,13-/m1/s1. The van der Waals surface area contributed by atoms with Gasteiger partial charge in [-0.05, 0) is 42.9 Å². The van der Waals surface area contributed by atoms with Gasteiger partial charge in [0.1, 0.15) is 0 Å². The van der Waals surface area contributed by atoms with Crippen molar-refractivity contribution in [3.05, 3.63) is 0 Å². The van der Waals surface area contributed by atoms with Crippen LogP contribution in [0.2, 0.25) is 0 Å². The zero-order chi connectivity index (χ0) is 11.3. The molecule has 2 aliphatic carbocycles. The second-order valence-electron chi connectivity index (χ2n) is 6.54. The van der Waals surface area contributed by atoms with E-state index in [0.717, 1.165) is 19.3 Å². The number of fused-ring (bicyclic) bond motifs is 1. The van der Waals surface area contributed by atoms with Gasteiger partial charge >= 0.3 is 0 Å². The Balaban J connectivity index is 2.25. The quantitative estimate of drug-likeness (QED) is 0.631. The van der Waals surface area contributed by atoms with Crippen LogP contribution in [-0.4, -0.2) is 16.1 Å². The van der Waals surface area contributed by atoms with Crippen molar-refractivity contribution in [2.75, 3.05) is 0 Å². The fraction of sp³-hybridized carbons (Fsp3) is 1.00. The molecule has 0 aromatic rings. The van der Waals surface area contributed by atoms with Crippen molar-refractivity contribution in [1.82, 2.24) is 0 Å². The number of rotatable bonds is 0. The Hall–Kier alpha value is 0.250. The Morgan fingerprint density at radius 2 is 1.80 bits per heavy atom. The smallest absolute Gasteiger partial charge is 0.0697 e. The van der Waals surface area contributed by atoms with Gasteiger partial charge in [-0.1, -0.05) is 27.2 Å². The highest BCUT2D eigenvalue weighted by molar-refractivity contribution is 6.20. The van der Waals surface area contributed by atoms with Crippen molar-refractivity contribution in [3.8, 4) is 0 Å². The van der Waals surface area contributed by atoms with Gasteiger partial charge in [0.2, 0.25) is 0 Å². The average Bonchev–Trinajstić information content (AvgIpc) is 1.97. The molecular formula is C13H23ClO. The molecule has 2 fully saturated rings. The molecule has 4 atom stereocenters. The summed E-state index contributed by atoms with van der Waals surface area (Å²) in [5.74, 6) is 1.11. The summed E-state index contributed by atoms with van der Waals surface area (Å²) in [6.07, 6.45) is 5.24. The van der Waals surface area contributed by atoms with Crippen molar-refractivity contribution in [2.24, 2.45) is 17.3 Å². The number of alkyl halides is 1. The van der Waals surface area contributed by atoms with Gasteiger partial charge in [0.05, 0.1) is 5.60 Å². The molecule has 2 aliphatic rings. The highest BCUT2D eigenvalue weighted by Crippen LogP contribution is 2.54. The lowest BCUT2D eigenvalue weighted by Crippen LogP contribution is -2.55. The van der Waals surface area contributed by atoms with E-state index in [1.807, 2.05) is 0 Å². The summed E-state index contributed by atoms with van der Waals surface area (Å²) >= 11 is 6.30. The predicted octanol–water partition coefficient (Wildman–Crippen LogP) is 3.58. The highest BCUT2D eigenvalue weighted by Gasteiger charge is 2.52. The van der Waals surface area contributed by atoms with Crippen molar-refractivity contribution < 1.29 is 5.11 Å². The molecule has 2 heteroatoms. The number of halogens is 1. The maximum absolute atomic E-state index is 10.8. The molecule has 15 heavy (non-hydrogen) atoms. The number of hydrogen-bond acceptors (Lipinski definition) is 1. The molecule has 1 nitrogen and oxygen atoms in total. The minimum Gasteiger partial charge on any atom is -0.390 e. The van der Waals surface area contributed by atoms with E-state index in [1.165, 1.54) is 12.8 Å². The molecule has 0 aromatic heterocycles. The molecule has 0 radical (unpaired) electrons. The van der Waals surface area contributed by atoms with Crippen LogP contribution in [0.4, 0.5) is 0 Å². The minimum absolute atomic E-state index is 0.159. The van der Waals surface area contributed by atoms with E-state index < -0.39 is 5.60 Å². The van der Waals surface area contributed by atoms with E-state index in [0.29, 0.717) is 11.8 Å². The van der Waals surface area contributed by atoms with Gasteiger partial charge in [-0.15, -0.1) is 11.6 Å². The Bertz CT molecular complexity index is 247. The van der Waals surface area contributed by atoms with Gasteiger partial charge in [-0.25, -0.2) is 0 Å². The molecule has 0 aromatic carbocycles. The zero-order valence-corrected chi connectivity index (χ0v) is 10.8. The first-order valence-corrected chi connectivity index (χ1v) is 6.63. The fourth-order valence-corrected chi connectivity index (χ4v) is 4.74. The first kappa shape index (κ1) is 11.7. The maximum Gasteiger partial charge on any atom is 0.0697 e. The first-order valence-electron chi connectivity index (χ1n) is 6.20. The van der Waals surface area contributed by atoms with Crippen LogP contribution in [0.25, 0.3) is 0 Å². The summed E-state index contributed by atoms with van der Waals surface area (Å²) in [6, 6.07) is 0. The molecule has 0 spiro atoms. The minimum atomic E-state index is -0.480. The summed E-state index contributed by atoms with van der Waals surface area (Å²) in [7, 11) is 0. The maximum atomic E-state index is 10.8. The molecule has 2 saturated carbocycles. The average molecular weight is 231 g/mol. The van der Waals surface area contributed by atoms with Gasteiger partial charge in [-0.3, -0.25) is 0 Å². The normalized spacial score (nSPS) is 49.8. The van der Waals surface area contributed by atoms with E-state index in [4.69, 9.17) is 11.6 Å². The fourth-order valence-electron chi connectivity index (χ4n) is 4.08. The summed E-state index contributed by atoms with van der Waals surface area (Å²) in [6.45, 7) is 6.79. The predicted molar refractivity (Wildman–Crippen MR) is 64.1 cm³/mol. The molecule has 0 unspecified atom stereocenters. The molecule has 0 heterocycles. The van der Waals surface area contributed by atoms with Crippen LogP contribution < -0.4 is 0 Å². The number of aliphatic hydroxyl groups is 1. The molecular weight excluding hydrogens is 208 g/mol. The van der Waals surface area contributed by atoms with Crippen LogP contribution in [0.3, 0.4) is 0 Å². The molecule has 2 rings (SSSR count). The van der Waals surface area contributed by atoms with E-state index >= 15 is 0 Å². The molecule has 0 aliphatic heterocycles. The zero-order valence-electron chi connectivity index (χ0n) is 10.1. The van der Waals surface area contributed by atoms with Crippen LogP contribution in [0.5, 0.6) is 0 Å². The van der Waals surface area contributed by atoms with Crippen LogP contribution in [0, 0.1) is 17.3 Å². The third-order valence-electron chi connectivity index (χ3n) is 4.56. The van der Waals surface area contributed by atoms with Crippen molar-refractivity contribution in [3.63, 3.8) is 0 Å². The van der Waals surface area contributed by atoms with E-state index in [9.17, 15) is 5.11 Å². The van der Waals surface area contributed by atoms with Crippen molar-refractivity contribution in [2.45, 2.75) is 63.9 Å².